The van der Waals surface area contributed by atoms with E-state index in [9.17, 15) is 33.9 Å². The molecule has 1 aromatic rings. The summed E-state index contributed by atoms with van der Waals surface area (Å²) in [5.41, 5.74) is 5.97. The molecule has 0 aliphatic carbocycles. The predicted molar refractivity (Wildman–Crippen MR) is 147 cm³/mol. The van der Waals surface area contributed by atoms with E-state index < -0.39 is 78.6 Å². The van der Waals surface area contributed by atoms with Crippen molar-refractivity contribution in [3.05, 3.63) is 35.9 Å². The molecule has 1 aromatic carbocycles. The Balaban J connectivity index is 2.41. The van der Waals surface area contributed by atoms with Crippen molar-refractivity contribution in [2.24, 2.45) is 11.7 Å². The Hall–Kier alpha value is -4.69. The van der Waals surface area contributed by atoms with Gasteiger partial charge in [-0.2, -0.15) is 0 Å². The van der Waals surface area contributed by atoms with Crippen LogP contribution in [0.25, 0.3) is 0 Å². The molecule has 2 rings (SSSR count). The first-order chi connectivity index (χ1) is 19.4. The number of rotatable bonds is 9. The highest BCUT2D eigenvalue weighted by atomic mass is 16.4. The molecule has 224 valence electrons. The van der Waals surface area contributed by atoms with Crippen LogP contribution in [0.3, 0.4) is 0 Å². The summed E-state index contributed by atoms with van der Waals surface area (Å²) in [5, 5.41) is 31.6. The van der Waals surface area contributed by atoms with Crippen LogP contribution in [0.1, 0.15) is 38.7 Å². The number of hydrogen-bond donors (Lipinski definition) is 9. The molecule has 41 heavy (non-hydrogen) atoms. The Kier molecular flexibility index (Phi) is 12.5. The molecule has 1 aliphatic heterocycles. The van der Waals surface area contributed by atoms with Crippen molar-refractivity contribution in [3.63, 3.8) is 0 Å². The molecular weight excluding hydrogens is 536 g/mol. The summed E-state index contributed by atoms with van der Waals surface area (Å²) < 4.78 is 0. The van der Waals surface area contributed by atoms with Gasteiger partial charge in [0.05, 0.1) is 13.0 Å². The van der Waals surface area contributed by atoms with Gasteiger partial charge in [0.1, 0.15) is 24.2 Å². The molecule has 0 aromatic heterocycles. The number of carbonyl (C=O) groups excluding carboxylic acids is 5. The third kappa shape index (κ3) is 11.1. The summed E-state index contributed by atoms with van der Waals surface area (Å²) >= 11 is 0. The molecule has 0 bridgehead atoms. The van der Waals surface area contributed by atoms with E-state index in [-0.39, 0.29) is 25.3 Å². The van der Waals surface area contributed by atoms with Gasteiger partial charge in [-0.15, -0.1) is 0 Å². The van der Waals surface area contributed by atoms with Gasteiger partial charge in [0.25, 0.3) is 0 Å². The van der Waals surface area contributed by atoms with Crippen LogP contribution in [0.15, 0.2) is 30.3 Å². The van der Waals surface area contributed by atoms with Crippen LogP contribution >= 0.6 is 0 Å². The monoisotopic (exact) mass is 574 g/mol. The maximum atomic E-state index is 13.4. The van der Waals surface area contributed by atoms with Gasteiger partial charge in [0.15, 0.2) is 5.96 Å². The fraction of sp³-hybridized carbons (Fsp3) is 0.500. The average molecular weight is 575 g/mol. The molecule has 15 heteroatoms. The molecule has 0 spiro atoms. The van der Waals surface area contributed by atoms with Gasteiger partial charge in [-0.3, -0.25) is 34.2 Å². The molecule has 1 saturated heterocycles. The smallest absolute Gasteiger partial charge is 0.305 e. The SMILES string of the molecule is CC(C)[C@@H]1NC(=O)[C@@H](Cc2ccccc2)NC(=O)[C@H](CC(=O)O)NC(=O)CNC(=O)[C@H](CCCNC(=N)N)NC1=O. The zero-order valence-corrected chi connectivity index (χ0v) is 23.0. The average Bonchev–Trinajstić information content (AvgIpc) is 2.90. The van der Waals surface area contributed by atoms with Crippen LogP contribution in [0.5, 0.6) is 0 Å². The lowest BCUT2D eigenvalue weighted by atomic mass is 10.00. The van der Waals surface area contributed by atoms with E-state index in [4.69, 9.17) is 11.1 Å². The van der Waals surface area contributed by atoms with Gasteiger partial charge in [0.2, 0.25) is 29.5 Å². The van der Waals surface area contributed by atoms with E-state index in [0.717, 1.165) is 0 Å². The molecule has 5 amide bonds. The van der Waals surface area contributed by atoms with Gasteiger partial charge < -0.3 is 42.7 Å². The molecular formula is C26H38N8O7. The Labute approximate surface area is 237 Å². The summed E-state index contributed by atoms with van der Waals surface area (Å²) in [5.74, 6) is -5.88. The minimum atomic E-state index is -1.54. The van der Waals surface area contributed by atoms with Gasteiger partial charge >= 0.3 is 5.97 Å². The topological polar surface area (TPSA) is 245 Å². The highest BCUT2D eigenvalue weighted by molar-refractivity contribution is 5.98. The Morgan fingerprint density at radius 1 is 0.951 bits per heavy atom. The number of nitrogens with two attached hydrogens (primary N) is 1. The number of benzene rings is 1. The van der Waals surface area contributed by atoms with E-state index in [0.29, 0.717) is 12.0 Å². The number of amides is 5. The fourth-order valence-electron chi connectivity index (χ4n) is 4.10. The molecule has 0 saturated carbocycles. The second-order valence-corrected chi connectivity index (χ2v) is 9.96. The minimum absolute atomic E-state index is 0.0183. The number of guanidine groups is 1. The van der Waals surface area contributed by atoms with Crippen molar-refractivity contribution in [2.75, 3.05) is 13.1 Å². The summed E-state index contributed by atoms with van der Waals surface area (Å²) in [4.78, 5) is 76.8. The molecule has 15 nitrogen and oxygen atoms in total. The second-order valence-electron chi connectivity index (χ2n) is 9.96. The number of carboxylic acids is 1. The molecule has 1 heterocycles. The largest absolute Gasteiger partial charge is 0.481 e. The minimum Gasteiger partial charge on any atom is -0.481 e. The molecule has 10 N–H and O–H groups in total. The fourth-order valence-corrected chi connectivity index (χ4v) is 4.10. The second kappa shape index (κ2) is 15.8. The Morgan fingerprint density at radius 2 is 1.59 bits per heavy atom. The van der Waals surface area contributed by atoms with Crippen LogP contribution in [-0.4, -0.2) is 83.8 Å². The van der Waals surface area contributed by atoms with Crippen molar-refractivity contribution in [3.8, 4) is 0 Å². The van der Waals surface area contributed by atoms with Crippen LogP contribution < -0.4 is 37.6 Å². The maximum Gasteiger partial charge on any atom is 0.305 e. The molecule has 1 aliphatic rings. The highest BCUT2D eigenvalue weighted by Crippen LogP contribution is 2.09. The van der Waals surface area contributed by atoms with Gasteiger partial charge in [0, 0.05) is 13.0 Å². The summed E-state index contributed by atoms with van der Waals surface area (Å²) in [6.07, 6.45) is -0.326. The van der Waals surface area contributed by atoms with Crippen molar-refractivity contribution >= 4 is 41.5 Å². The molecule has 0 radical (unpaired) electrons. The van der Waals surface area contributed by atoms with E-state index in [1.54, 1.807) is 44.2 Å². The highest BCUT2D eigenvalue weighted by Gasteiger charge is 2.34. The van der Waals surface area contributed by atoms with Crippen molar-refractivity contribution in [1.29, 1.82) is 5.41 Å². The maximum absolute atomic E-state index is 13.4. The van der Waals surface area contributed by atoms with Crippen molar-refractivity contribution < 1.29 is 33.9 Å². The lowest BCUT2D eigenvalue weighted by Gasteiger charge is -2.27. The summed E-state index contributed by atoms with van der Waals surface area (Å²) in [6.45, 7) is 3.03. The van der Waals surface area contributed by atoms with E-state index in [1.165, 1.54) is 0 Å². The normalized spacial score (nSPS) is 22.7. The van der Waals surface area contributed by atoms with Gasteiger partial charge in [-0.1, -0.05) is 44.2 Å². The number of nitrogens with one attached hydrogen (secondary N) is 7. The third-order valence-corrected chi connectivity index (χ3v) is 6.23. The lowest BCUT2D eigenvalue weighted by molar-refractivity contribution is -0.141. The molecule has 0 unspecified atom stereocenters. The Bertz CT molecular complexity index is 1130. The van der Waals surface area contributed by atoms with Gasteiger partial charge in [-0.25, -0.2) is 0 Å². The number of aliphatic carboxylic acids is 1. The summed E-state index contributed by atoms with van der Waals surface area (Å²) in [6, 6.07) is 3.78. The first-order valence-electron chi connectivity index (χ1n) is 13.2. The van der Waals surface area contributed by atoms with Crippen LogP contribution in [0, 0.1) is 11.3 Å². The third-order valence-electron chi connectivity index (χ3n) is 6.23. The van der Waals surface area contributed by atoms with Crippen LogP contribution in [-0.2, 0) is 35.2 Å². The zero-order valence-electron chi connectivity index (χ0n) is 23.0. The van der Waals surface area contributed by atoms with Crippen molar-refractivity contribution in [2.45, 2.75) is 63.7 Å². The standard InChI is InChI=1S/C26H38N8O7/c1-14(2)21-25(41)32-16(9-6-10-29-26(27)28)22(38)30-13-19(35)31-18(12-20(36)37)23(39)33-17(24(40)34-21)11-15-7-4-3-5-8-15/h3-5,7-8,14,16-18,21H,6,9-13H2,1-2H3,(H,30,38)(H,31,35)(H,32,41)(H,33,39)(H,34,40)(H,36,37)(H4,27,28,29)/t16-,17+,18-,21-/m0/s1. The Morgan fingerprint density at radius 3 is 2.20 bits per heavy atom. The van der Waals surface area contributed by atoms with E-state index >= 15 is 0 Å². The van der Waals surface area contributed by atoms with E-state index in [2.05, 4.69) is 31.9 Å². The van der Waals surface area contributed by atoms with Crippen molar-refractivity contribution in [1.82, 2.24) is 31.9 Å². The quantitative estimate of drug-likeness (QED) is 0.0872. The van der Waals surface area contributed by atoms with E-state index in [1.807, 2.05) is 0 Å². The summed E-state index contributed by atoms with van der Waals surface area (Å²) in [7, 11) is 0. The predicted octanol–water partition coefficient (Wildman–Crippen LogP) is -2.31. The number of carbonyl (C=O) groups is 6. The first-order valence-corrected chi connectivity index (χ1v) is 13.2. The molecule has 1 fully saturated rings. The number of carboxylic acid groups (broad SMARTS) is 1. The zero-order chi connectivity index (χ0) is 30.5. The lowest BCUT2D eigenvalue weighted by Crippen LogP contribution is -2.59. The molecule has 4 atom stereocenters. The van der Waals surface area contributed by atoms with Crippen LogP contribution in [0.4, 0.5) is 0 Å². The first kappa shape index (κ1) is 32.5. The van der Waals surface area contributed by atoms with Crippen LogP contribution in [0.2, 0.25) is 0 Å². The number of hydrogen-bond acceptors (Lipinski definition) is 7. The van der Waals surface area contributed by atoms with Gasteiger partial charge in [-0.05, 0) is 24.3 Å².